The standard InChI is InChI=1S/C9H15N3O2/c1-12-7-8(6-11-12)10-5-3-2-4-9(13)14/h6-7,10H,2-5H2,1H3,(H,13,14). The number of nitrogens with zero attached hydrogens (tertiary/aromatic N) is 2. The van der Waals surface area contributed by atoms with Gasteiger partial charge in [-0.3, -0.25) is 9.48 Å². The highest BCUT2D eigenvalue weighted by Gasteiger charge is 1.97. The number of aryl methyl sites for hydroxylation is 1. The average molecular weight is 197 g/mol. The molecule has 0 aliphatic heterocycles. The van der Waals surface area contributed by atoms with Crippen LogP contribution in [-0.2, 0) is 11.8 Å². The Morgan fingerprint density at radius 1 is 1.64 bits per heavy atom. The van der Waals surface area contributed by atoms with E-state index in [0.717, 1.165) is 18.7 Å². The second kappa shape index (κ2) is 5.26. The lowest BCUT2D eigenvalue weighted by Crippen LogP contribution is -2.02. The summed E-state index contributed by atoms with van der Waals surface area (Å²) in [4.78, 5) is 10.2. The number of unbranched alkanes of at least 4 members (excludes halogenated alkanes) is 1. The van der Waals surface area contributed by atoms with E-state index in [4.69, 9.17) is 5.11 Å². The van der Waals surface area contributed by atoms with Gasteiger partial charge < -0.3 is 10.4 Å². The van der Waals surface area contributed by atoms with Gasteiger partial charge in [-0.25, -0.2) is 0 Å². The maximum absolute atomic E-state index is 10.2. The Bertz CT molecular complexity index is 296. The molecule has 0 saturated heterocycles. The number of carboxylic acids is 1. The first-order valence-corrected chi connectivity index (χ1v) is 4.63. The van der Waals surface area contributed by atoms with Crippen molar-refractivity contribution in [3.05, 3.63) is 12.4 Å². The molecule has 5 heteroatoms. The number of aromatic nitrogens is 2. The Balaban J connectivity index is 2.07. The van der Waals surface area contributed by atoms with Gasteiger partial charge in [0.05, 0.1) is 11.9 Å². The Kier molecular flexibility index (Phi) is 3.97. The van der Waals surface area contributed by atoms with Crippen molar-refractivity contribution in [1.29, 1.82) is 0 Å². The van der Waals surface area contributed by atoms with Crippen LogP contribution in [0.25, 0.3) is 0 Å². The lowest BCUT2D eigenvalue weighted by molar-refractivity contribution is -0.137. The normalized spacial score (nSPS) is 10.1. The van der Waals surface area contributed by atoms with Gasteiger partial charge in [0.25, 0.3) is 0 Å². The third-order valence-electron chi connectivity index (χ3n) is 1.85. The smallest absolute Gasteiger partial charge is 0.303 e. The maximum atomic E-state index is 10.2. The number of hydrogen-bond donors (Lipinski definition) is 2. The largest absolute Gasteiger partial charge is 0.481 e. The van der Waals surface area contributed by atoms with E-state index in [-0.39, 0.29) is 6.42 Å². The second-order valence-electron chi connectivity index (χ2n) is 3.18. The highest BCUT2D eigenvalue weighted by Crippen LogP contribution is 2.04. The van der Waals surface area contributed by atoms with Gasteiger partial charge in [0.1, 0.15) is 0 Å². The average Bonchev–Trinajstić information content (AvgIpc) is 2.50. The highest BCUT2D eigenvalue weighted by atomic mass is 16.4. The van der Waals surface area contributed by atoms with Crippen LogP contribution in [0.2, 0.25) is 0 Å². The van der Waals surface area contributed by atoms with Crippen molar-refractivity contribution in [3.63, 3.8) is 0 Å². The van der Waals surface area contributed by atoms with Crippen molar-refractivity contribution >= 4 is 11.7 Å². The molecule has 0 spiro atoms. The van der Waals surface area contributed by atoms with Gasteiger partial charge in [-0.2, -0.15) is 5.10 Å². The topological polar surface area (TPSA) is 67.2 Å². The van der Waals surface area contributed by atoms with E-state index in [2.05, 4.69) is 10.4 Å². The third-order valence-corrected chi connectivity index (χ3v) is 1.85. The van der Waals surface area contributed by atoms with Gasteiger partial charge in [0, 0.05) is 26.2 Å². The van der Waals surface area contributed by atoms with Crippen LogP contribution in [0.15, 0.2) is 12.4 Å². The zero-order valence-electron chi connectivity index (χ0n) is 8.23. The van der Waals surface area contributed by atoms with E-state index in [1.54, 1.807) is 10.9 Å². The van der Waals surface area contributed by atoms with Gasteiger partial charge in [-0.1, -0.05) is 0 Å². The van der Waals surface area contributed by atoms with Crippen molar-refractivity contribution in [2.45, 2.75) is 19.3 Å². The number of anilines is 1. The number of rotatable bonds is 6. The van der Waals surface area contributed by atoms with E-state index < -0.39 is 5.97 Å². The summed E-state index contributed by atoms with van der Waals surface area (Å²) in [5.41, 5.74) is 0.975. The molecule has 1 heterocycles. The molecule has 14 heavy (non-hydrogen) atoms. The molecule has 0 bridgehead atoms. The molecule has 1 aromatic heterocycles. The molecule has 0 unspecified atom stereocenters. The summed E-state index contributed by atoms with van der Waals surface area (Å²) < 4.78 is 1.72. The zero-order valence-corrected chi connectivity index (χ0v) is 8.23. The SMILES string of the molecule is Cn1cc(NCCCCC(=O)O)cn1. The number of carboxylic acid groups (broad SMARTS) is 1. The molecule has 0 atom stereocenters. The Morgan fingerprint density at radius 3 is 3.00 bits per heavy atom. The highest BCUT2D eigenvalue weighted by molar-refractivity contribution is 5.66. The minimum absolute atomic E-state index is 0.245. The predicted molar refractivity (Wildman–Crippen MR) is 53.2 cm³/mol. The lowest BCUT2D eigenvalue weighted by atomic mass is 10.2. The van der Waals surface area contributed by atoms with Crippen LogP contribution in [0.3, 0.4) is 0 Å². The number of carbonyl (C=O) groups is 1. The molecule has 0 fully saturated rings. The van der Waals surface area contributed by atoms with Crippen LogP contribution in [0.1, 0.15) is 19.3 Å². The second-order valence-corrected chi connectivity index (χ2v) is 3.18. The lowest BCUT2D eigenvalue weighted by Gasteiger charge is -2.01. The summed E-state index contributed by atoms with van der Waals surface area (Å²) >= 11 is 0. The van der Waals surface area contributed by atoms with Gasteiger partial charge in [-0.05, 0) is 12.8 Å². The van der Waals surface area contributed by atoms with Crippen LogP contribution in [0, 0.1) is 0 Å². The first-order valence-electron chi connectivity index (χ1n) is 4.63. The van der Waals surface area contributed by atoms with Gasteiger partial charge >= 0.3 is 5.97 Å². The van der Waals surface area contributed by atoms with Gasteiger partial charge in [0.15, 0.2) is 0 Å². The number of nitrogens with one attached hydrogen (secondary N) is 1. The van der Waals surface area contributed by atoms with Crippen LogP contribution in [0.4, 0.5) is 5.69 Å². The molecule has 5 nitrogen and oxygen atoms in total. The molecule has 0 aromatic carbocycles. The summed E-state index contributed by atoms with van der Waals surface area (Å²) in [7, 11) is 1.86. The fourth-order valence-electron chi connectivity index (χ4n) is 1.15. The molecule has 0 saturated carbocycles. The fraction of sp³-hybridized carbons (Fsp3) is 0.556. The maximum Gasteiger partial charge on any atom is 0.303 e. The van der Waals surface area contributed by atoms with E-state index >= 15 is 0 Å². The van der Waals surface area contributed by atoms with Crippen LogP contribution < -0.4 is 5.32 Å². The monoisotopic (exact) mass is 197 g/mol. The van der Waals surface area contributed by atoms with Crippen LogP contribution in [-0.4, -0.2) is 27.4 Å². The van der Waals surface area contributed by atoms with E-state index in [1.165, 1.54) is 0 Å². The van der Waals surface area contributed by atoms with E-state index in [1.807, 2.05) is 13.2 Å². The molecule has 1 aromatic rings. The minimum Gasteiger partial charge on any atom is -0.481 e. The van der Waals surface area contributed by atoms with Gasteiger partial charge in [0.2, 0.25) is 0 Å². The predicted octanol–water partition coefficient (Wildman–Crippen LogP) is 1.09. The molecular weight excluding hydrogens is 182 g/mol. The molecular formula is C9H15N3O2. The van der Waals surface area contributed by atoms with Crippen LogP contribution >= 0.6 is 0 Å². The summed E-state index contributed by atoms with van der Waals surface area (Å²) in [6.07, 6.45) is 5.45. The van der Waals surface area contributed by atoms with Gasteiger partial charge in [-0.15, -0.1) is 0 Å². The number of aliphatic carboxylic acids is 1. The first kappa shape index (κ1) is 10.6. The molecule has 78 valence electrons. The van der Waals surface area contributed by atoms with Crippen molar-refractivity contribution in [2.24, 2.45) is 7.05 Å². The Hall–Kier alpha value is -1.52. The van der Waals surface area contributed by atoms with Crippen molar-refractivity contribution in [1.82, 2.24) is 9.78 Å². The molecule has 0 aliphatic carbocycles. The summed E-state index contributed by atoms with van der Waals surface area (Å²) in [5, 5.41) is 15.6. The zero-order chi connectivity index (χ0) is 10.4. The quantitative estimate of drug-likeness (QED) is 0.670. The molecule has 1 rings (SSSR count). The first-order chi connectivity index (χ1) is 6.68. The minimum atomic E-state index is -0.730. The summed E-state index contributed by atoms with van der Waals surface area (Å²) in [5.74, 6) is -0.730. The van der Waals surface area contributed by atoms with Crippen LogP contribution in [0.5, 0.6) is 0 Å². The van der Waals surface area contributed by atoms with Crippen molar-refractivity contribution < 1.29 is 9.90 Å². The molecule has 0 amide bonds. The molecule has 0 radical (unpaired) electrons. The third kappa shape index (κ3) is 3.93. The van der Waals surface area contributed by atoms with Crippen molar-refractivity contribution in [2.75, 3.05) is 11.9 Å². The summed E-state index contributed by atoms with van der Waals surface area (Å²) in [6, 6.07) is 0. The Labute approximate surface area is 82.7 Å². The van der Waals surface area contributed by atoms with E-state index in [9.17, 15) is 4.79 Å². The van der Waals surface area contributed by atoms with E-state index in [0.29, 0.717) is 6.42 Å². The Morgan fingerprint density at radius 2 is 2.43 bits per heavy atom. The summed E-state index contributed by atoms with van der Waals surface area (Å²) in [6.45, 7) is 0.791. The number of hydrogen-bond acceptors (Lipinski definition) is 3. The molecule has 0 aliphatic rings. The fourth-order valence-corrected chi connectivity index (χ4v) is 1.15. The molecule has 2 N–H and O–H groups in total. The van der Waals surface area contributed by atoms with Crippen molar-refractivity contribution in [3.8, 4) is 0 Å².